The van der Waals surface area contributed by atoms with E-state index >= 15 is 0 Å². The summed E-state index contributed by atoms with van der Waals surface area (Å²) in [4.78, 5) is 26.2. The van der Waals surface area contributed by atoms with Gasteiger partial charge in [0.25, 0.3) is 15.9 Å². The molecular formula is C16H22N2O6S. The SMILES string of the molecule is COCCN(CCOC)C(=O)CCN1C(=O)c2ccccc2S1(=O)=O. The molecule has 0 aliphatic carbocycles. The summed E-state index contributed by atoms with van der Waals surface area (Å²) in [7, 11) is -0.820. The van der Waals surface area contributed by atoms with Crippen LogP contribution in [0.1, 0.15) is 16.8 Å². The Bertz CT molecular complexity index is 726. The number of ether oxygens (including phenoxy) is 2. The molecule has 2 rings (SSSR count). The minimum Gasteiger partial charge on any atom is -0.383 e. The van der Waals surface area contributed by atoms with Crippen molar-refractivity contribution in [2.24, 2.45) is 0 Å². The van der Waals surface area contributed by atoms with E-state index in [9.17, 15) is 18.0 Å². The monoisotopic (exact) mass is 370 g/mol. The lowest BCUT2D eigenvalue weighted by Gasteiger charge is -2.23. The summed E-state index contributed by atoms with van der Waals surface area (Å²) in [6.07, 6.45) is -0.0909. The van der Waals surface area contributed by atoms with Gasteiger partial charge in [-0.2, -0.15) is 0 Å². The van der Waals surface area contributed by atoms with Gasteiger partial charge in [-0.05, 0) is 12.1 Å². The molecule has 0 bridgehead atoms. The topological polar surface area (TPSA) is 93.2 Å². The summed E-state index contributed by atoms with van der Waals surface area (Å²) < 4.78 is 35.6. The Morgan fingerprint density at radius 2 is 1.72 bits per heavy atom. The maximum absolute atomic E-state index is 12.5. The maximum atomic E-state index is 12.5. The van der Waals surface area contributed by atoms with Crippen LogP contribution in [0.5, 0.6) is 0 Å². The van der Waals surface area contributed by atoms with Crippen LogP contribution in [0.25, 0.3) is 0 Å². The summed E-state index contributed by atoms with van der Waals surface area (Å²) in [5.41, 5.74) is 0.144. The molecule has 1 aromatic carbocycles. The van der Waals surface area contributed by atoms with Crippen LogP contribution in [0.4, 0.5) is 0 Å². The number of amides is 2. The highest BCUT2D eigenvalue weighted by molar-refractivity contribution is 7.90. The van der Waals surface area contributed by atoms with Gasteiger partial charge in [-0.1, -0.05) is 12.1 Å². The highest BCUT2D eigenvalue weighted by Crippen LogP contribution is 2.29. The van der Waals surface area contributed by atoms with Crippen LogP contribution in [0.3, 0.4) is 0 Å². The summed E-state index contributed by atoms with van der Waals surface area (Å²) >= 11 is 0. The zero-order valence-electron chi connectivity index (χ0n) is 14.3. The van der Waals surface area contributed by atoms with Crippen molar-refractivity contribution in [1.82, 2.24) is 9.21 Å². The molecule has 0 saturated heterocycles. The number of sulfonamides is 1. The number of carbonyl (C=O) groups excluding carboxylic acids is 2. The van der Waals surface area contributed by atoms with Crippen molar-refractivity contribution >= 4 is 21.8 Å². The van der Waals surface area contributed by atoms with E-state index in [2.05, 4.69) is 0 Å². The average Bonchev–Trinajstić information content (AvgIpc) is 2.80. The third kappa shape index (κ3) is 4.17. The van der Waals surface area contributed by atoms with Crippen molar-refractivity contribution in [3.05, 3.63) is 29.8 Å². The predicted molar refractivity (Wildman–Crippen MR) is 89.6 cm³/mol. The van der Waals surface area contributed by atoms with Crippen LogP contribution < -0.4 is 0 Å². The van der Waals surface area contributed by atoms with Crippen LogP contribution in [0, 0.1) is 0 Å². The third-order valence-corrected chi connectivity index (χ3v) is 5.76. The van der Waals surface area contributed by atoms with Crippen LogP contribution in [0.15, 0.2) is 29.2 Å². The Hall–Kier alpha value is -1.97. The third-order valence-electron chi connectivity index (χ3n) is 3.92. The first-order valence-electron chi connectivity index (χ1n) is 7.85. The van der Waals surface area contributed by atoms with Gasteiger partial charge in [0.15, 0.2) is 0 Å². The predicted octanol–water partition coefficient (Wildman–Crippen LogP) is 0.343. The number of nitrogens with zero attached hydrogens (tertiary/aromatic N) is 2. The van der Waals surface area contributed by atoms with E-state index in [1.165, 1.54) is 31.3 Å². The Morgan fingerprint density at radius 1 is 1.12 bits per heavy atom. The number of rotatable bonds is 9. The molecule has 0 aromatic heterocycles. The van der Waals surface area contributed by atoms with Crippen LogP contribution in [0.2, 0.25) is 0 Å². The van der Waals surface area contributed by atoms with E-state index in [0.29, 0.717) is 26.3 Å². The zero-order valence-corrected chi connectivity index (χ0v) is 15.1. The molecule has 0 radical (unpaired) electrons. The van der Waals surface area contributed by atoms with Gasteiger partial charge in [0, 0.05) is 40.3 Å². The van der Waals surface area contributed by atoms with Crippen LogP contribution in [-0.4, -0.2) is 76.5 Å². The largest absolute Gasteiger partial charge is 0.383 e. The quantitative estimate of drug-likeness (QED) is 0.622. The second-order valence-corrected chi connectivity index (χ2v) is 7.33. The number of methoxy groups -OCH3 is 2. The second-order valence-electron chi connectivity index (χ2n) is 5.49. The molecule has 0 atom stereocenters. The lowest BCUT2D eigenvalue weighted by atomic mass is 10.2. The van der Waals surface area contributed by atoms with Crippen molar-refractivity contribution in [2.75, 3.05) is 47.1 Å². The number of hydrogen-bond acceptors (Lipinski definition) is 6. The van der Waals surface area contributed by atoms with E-state index in [4.69, 9.17) is 9.47 Å². The highest BCUT2D eigenvalue weighted by Gasteiger charge is 2.40. The number of hydrogen-bond donors (Lipinski definition) is 0. The fraction of sp³-hybridized carbons (Fsp3) is 0.500. The fourth-order valence-corrected chi connectivity index (χ4v) is 4.14. The first kappa shape index (κ1) is 19.4. The Labute approximate surface area is 147 Å². The molecule has 0 unspecified atom stereocenters. The number of fused-ring (bicyclic) bond motifs is 1. The molecule has 8 nitrogen and oxygen atoms in total. The Morgan fingerprint density at radius 3 is 2.28 bits per heavy atom. The van der Waals surface area contributed by atoms with Gasteiger partial charge in [-0.15, -0.1) is 0 Å². The van der Waals surface area contributed by atoms with Gasteiger partial charge >= 0.3 is 0 Å². The van der Waals surface area contributed by atoms with Gasteiger partial charge in [-0.3, -0.25) is 9.59 Å². The maximum Gasteiger partial charge on any atom is 0.269 e. The normalized spacial score (nSPS) is 15.3. The van der Waals surface area contributed by atoms with Gasteiger partial charge in [-0.25, -0.2) is 12.7 Å². The van der Waals surface area contributed by atoms with Crippen LogP contribution in [-0.2, 0) is 24.3 Å². The van der Waals surface area contributed by atoms with Gasteiger partial charge < -0.3 is 14.4 Å². The van der Waals surface area contributed by atoms with E-state index in [0.717, 1.165) is 4.31 Å². The molecule has 9 heteroatoms. The van der Waals surface area contributed by atoms with Crippen molar-refractivity contribution in [1.29, 1.82) is 0 Å². The molecule has 25 heavy (non-hydrogen) atoms. The molecule has 2 amide bonds. The molecule has 0 spiro atoms. The summed E-state index contributed by atoms with van der Waals surface area (Å²) in [5, 5.41) is 0. The van der Waals surface area contributed by atoms with E-state index in [1.54, 1.807) is 12.1 Å². The Kier molecular flexibility index (Phi) is 6.51. The summed E-state index contributed by atoms with van der Waals surface area (Å²) in [6.45, 7) is 1.29. The smallest absolute Gasteiger partial charge is 0.269 e. The molecule has 1 aromatic rings. The van der Waals surface area contributed by atoms with E-state index in [1.807, 2.05) is 0 Å². The molecule has 1 aliphatic rings. The minimum atomic E-state index is -3.89. The zero-order chi connectivity index (χ0) is 18.4. The lowest BCUT2D eigenvalue weighted by molar-refractivity contribution is -0.132. The lowest BCUT2D eigenvalue weighted by Crippen LogP contribution is -2.39. The molecule has 138 valence electrons. The first-order valence-corrected chi connectivity index (χ1v) is 9.29. The molecular weight excluding hydrogens is 348 g/mol. The first-order chi connectivity index (χ1) is 11.9. The molecule has 1 aliphatic heterocycles. The van der Waals surface area contributed by atoms with Crippen molar-refractivity contribution < 1.29 is 27.5 Å². The minimum absolute atomic E-state index is 0.0110. The van der Waals surface area contributed by atoms with Crippen LogP contribution >= 0.6 is 0 Å². The molecule has 1 heterocycles. The highest BCUT2D eigenvalue weighted by atomic mass is 32.2. The van der Waals surface area contributed by atoms with Crippen molar-refractivity contribution in [3.63, 3.8) is 0 Å². The van der Waals surface area contributed by atoms with Crippen molar-refractivity contribution in [2.45, 2.75) is 11.3 Å². The van der Waals surface area contributed by atoms with Gasteiger partial charge in [0.05, 0.1) is 18.8 Å². The van der Waals surface area contributed by atoms with Crippen molar-refractivity contribution in [3.8, 4) is 0 Å². The molecule has 0 N–H and O–H groups in total. The summed E-state index contributed by atoms with van der Waals surface area (Å²) in [6, 6.07) is 6.04. The second kappa shape index (κ2) is 8.41. The summed E-state index contributed by atoms with van der Waals surface area (Å²) in [5.74, 6) is -0.850. The molecule has 0 saturated carbocycles. The number of carbonyl (C=O) groups is 2. The number of benzene rings is 1. The Balaban J connectivity index is 2.05. The van der Waals surface area contributed by atoms with Gasteiger partial charge in [0.1, 0.15) is 4.90 Å². The standard InChI is InChI=1S/C16H22N2O6S/c1-23-11-9-17(10-12-24-2)15(19)7-8-18-16(20)13-5-3-4-6-14(13)25(18,21)22/h3-6H,7-12H2,1-2H3. The average molecular weight is 370 g/mol. The molecule has 0 fully saturated rings. The fourth-order valence-electron chi connectivity index (χ4n) is 2.57. The van der Waals surface area contributed by atoms with E-state index in [-0.39, 0.29) is 29.3 Å². The van der Waals surface area contributed by atoms with Gasteiger partial charge in [0.2, 0.25) is 5.91 Å². The van der Waals surface area contributed by atoms with E-state index < -0.39 is 15.9 Å².